The van der Waals surface area contributed by atoms with Crippen LogP contribution in [0.3, 0.4) is 0 Å². The van der Waals surface area contributed by atoms with Crippen LogP contribution in [0.5, 0.6) is 5.75 Å². The van der Waals surface area contributed by atoms with Crippen molar-refractivity contribution in [2.24, 2.45) is 0 Å². The summed E-state index contributed by atoms with van der Waals surface area (Å²) in [6, 6.07) is 12.9. The number of anilines is 1. The molecule has 2 aromatic rings. The van der Waals surface area contributed by atoms with Crippen molar-refractivity contribution in [2.75, 3.05) is 32.1 Å². The Morgan fingerprint density at radius 2 is 1.89 bits per heavy atom. The molecular formula is C20H22ClN3O4. The van der Waals surface area contributed by atoms with Crippen LogP contribution in [0.25, 0.3) is 0 Å². The fourth-order valence-corrected chi connectivity index (χ4v) is 3.40. The highest BCUT2D eigenvalue weighted by Crippen LogP contribution is 2.30. The van der Waals surface area contributed by atoms with Crippen molar-refractivity contribution in [1.29, 1.82) is 0 Å². The maximum atomic E-state index is 12.8. The average molecular weight is 404 g/mol. The van der Waals surface area contributed by atoms with Gasteiger partial charge in [0.1, 0.15) is 11.8 Å². The van der Waals surface area contributed by atoms with Gasteiger partial charge in [0.15, 0.2) is 0 Å². The zero-order valence-electron chi connectivity index (χ0n) is 15.4. The Hall–Kier alpha value is -2.77. The molecule has 3 amide bonds. The summed E-state index contributed by atoms with van der Waals surface area (Å²) >= 11 is 5.85. The van der Waals surface area contributed by atoms with E-state index in [2.05, 4.69) is 10.6 Å². The molecule has 1 unspecified atom stereocenters. The number of rotatable bonds is 6. The fraction of sp³-hybridized carbons (Fsp3) is 0.300. The highest BCUT2D eigenvalue weighted by molar-refractivity contribution is 6.30. The maximum Gasteiger partial charge on any atom is 0.319 e. The number of amides is 3. The van der Waals surface area contributed by atoms with Crippen molar-refractivity contribution >= 4 is 29.2 Å². The highest BCUT2D eigenvalue weighted by Gasteiger charge is 2.41. The largest absolute Gasteiger partial charge is 0.497 e. The molecule has 3 N–H and O–H groups in total. The van der Waals surface area contributed by atoms with Crippen LogP contribution < -0.4 is 15.4 Å². The van der Waals surface area contributed by atoms with Crippen LogP contribution in [0.1, 0.15) is 11.5 Å². The number of nitrogens with zero attached hydrogens (tertiary/aromatic N) is 1. The predicted molar refractivity (Wildman–Crippen MR) is 107 cm³/mol. The zero-order chi connectivity index (χ0) is 20.1. The van der Waals surface area contributed by atoms with Gasteiger partial charge in [-0.2, -0.15) is 0 Å². The number of ether oxygens (including phenoxy) is 1. The van der Waals surface area contributed by atoms with Crippen LogP contribution in [0, 0.1) is 0 Å². The number of halogens is 1. The Balaban J connectivity index is 1.76. The van der Waals surface area contributed by atoms with Crippen LogP contribution >= 0.6 is 11.6 Å². The molecule has 7 nitrogen and oxygen atoms in total. The van der Waals surface area contributed by atoms with E-state index in [1.165, 1.54) is 0 Å². The number of methoxy groups -OCH3 is 1. The molecular weight excluding hydrogens is 382 g/mol. The molecule has 0 radical (unpaired) electrons. The lowest BCUT2D eigenvalue weighted by Gasteiger charge is -2.19. The number of nitrogens with one attached hydrogen (secondary N) is 2. The minimum Gasteiger partial charge on any atom is -0.497 e. The predicted octanol–water partition coefficient (Wildman–Crippen LogP) is 2.46. The van der Waals surface area contributed by atoms with Gasteiger partial charge in [-0.05, 0) is 42.0 Å². The lowest BCUT2D eigenvalue weighted by atomic mass is 9.94. The van der Waals surface area contributed by atoms with Gasteiger partial charge >= 0.3 is 6.03 Å². The zero-order valence-corrected chi connectivity index (χ0v) is 16.1. The van der Waals surface area contributed by atoms with Crippen molar-refractivity contribution in [1.82, 2.24) is 10.2 Å². The summed E-state index contributed by atoms with van der Waals surface area (Å²) < 4.78 is 5.18. The number of hydrogen-bond acceptors (Lipinski definition) is 4. The number of carbonyl (C=O) groups is 2. The molecule has 0 aliphatic carbocycles. The van der Waals surface area contributed by atoms with E-state index in [0.29, 0.717) is 23.0 Å². The molecule has 3 rings (SSSR count). The van der Waals surface area contributed by atoms with E-state index in [0.717, 1.165) is 5.56 Å². The van der Waals surface area contributed by atoms with Gasteiger partial charge in [0.2, 0.25) is 5.91 Å². The summed E-state index contributed by atoms with van der Waals surface area (Å²) in [6.07, 6.45) is 0. The number of benzene rings is 2. The summed E-state index contributed by atoms with van der Waals surface area (Å²) in [4.78, 5) is 26.8. The first kappa shape index (κ1) is 20.0. The lowest BCUT2D eigenvalue weighted by Crippen LogP contribution is -2.45. The number of aliphatic hydroxyl groups excluding tert-OH is 1. The topological polar surface area (TPSA) is 90.9 Å². The first-order valence-corrected chi connectivity index (χ1v) is 9.26. The second-order valence-electron chi connectivity index (χ2n) is 6.47. The van der Waals surface area contributed by atoms with E-state index in [-0.39, 0.29) is 25.0 Å². The lowest BCUT2D eigenvalue weighted by molar-refractivity contribution is -0.129. The van der Waals surface area contributed by atoms with E-state index in [9.17, 15) is 14.7 Å². The van der Waals surface area contributed by atoms with Crippen LogP contribution in [0.15, 0.2) is 48.5 Å². The molecule has 0 saturated carbocycles. The molecule has 2 atom stereocenters. The number of likely N-dealkylation sites (tertiary alicyclic amines) is 1. The van der Waals surface area contributed by atoms with Crippen molar-refractivity contribution in [2.45, 2.75) is 12.0 Å². The van der Waals surface area contributed by atoms with Crippen molar-refractivity contribution in [3.63, 3.8) is 0 Å². The minimum atomic E-state index is -0.729. The van der Waals surface area contributed by atoms with Gasteiger partial charge in [-0.3, -0.25) is 4.79 Å². The van der Waals surface area contributed by atoms with E-state index in [1.807, 2.05) is 24.3 Å². The molecule has 28 heavy (non-hydrogen) atoms. The Labute approximate surface area is 168 Å². The van der Waals surface area contributed by atoms with Gasteiger partial charge in [-0.25, -0.2) is 4.79 Å². The minimum absolute atomic E-state index is 0.134. The van der Waals surface area contributed by atoms with Crippen LogP contribution in [0.4, 0.5) is 10.5 Å². The molecule has 1 saturated heterocycles. The van der Waals surface area contributed by atoms with Crippen LogP contribution in [0.2, 0.25) is 5.02 Å². The quantitative estimate of drug-likeness (QED) is 0.691. The fourth-order valence-electron chi connectivity index (χ4n) is 3.28. The van der Waals surface area contributed by atoms with E-state index in [1.54, 1.807) is 36.3 Å². The summed E-state index contributed by atoms with van der Waals surface area (Å²) in [7, 11) is 1.59. The molecule has 1 aliphatic rings. The molecule has 0 bridgehead atoms. The molecule has 2 aromatic carbocycles. The third kappa shape index (κ3) is 4.55. The number of aliphatic hydroxyl groups is 1. The molecule has 0 aromatic heterocycles. The summed E-state index contributed by atoms with van der Waals surface area (Å²) in [5, 5.41) is 15.3. The first-order chi connectivity index (χ1) is 13.5. The Morgan fingerprint density at radius 3 is 2.50 bits per heavy atom. The van der Waals surface area contributed by atoms with Crippen molar-refractivity contribution in [3.05, 3.63) is 59.1 Å². The van der Waals surface area contributed by atoms with Crippen LogP contribution in [-0.4, -0.2) is 54.8 Å². The van der Waals surface area contributed by atoms with Gasteiger partial charge in [-0.1, -0.05) is 23.7 Å². The van der Waals surface area contributed by atoms with Gasteiger partial charge in [-0.15, -0.1) is 0 Å². The third-order valence-corrected chi connectivity index (χ3v) is 4.95. The Bertz CT molecular complexity index is 826. The SMILES string of the molecule is COc1ccc(C2CN(CCO)C(=O)[C@H]2NC(=O)Nc2ccc(Cl)cc2)cc1. The normalized spacial score (nSPS) is 18.8. The maximum absolute atomic E-state index is 12.8. The summed E-state index contributed by atoms with van der Waals surface area (Å²) in [5.74, 6) is 0.257. The first-order valence-electron chi connectivity index (χ1n) is 8.88. The average Bonchev–Trinajstić information content (AvgIpc) is 3.00. The van der Waals surface area contributed by atoms with E-state index in [4.69, 9.17) is 16.3 Å². The van der Waals surface area contributed by atoms with Crippen LogP contribution in [-0.2, 0) is 4.79 Å². The second-order valence-corrected chi connectivity index (χ2v) is 6.91. The monoisotopic (exact) mass is 403 g/mol. The Kier molecular flexibility index (Phi) is 6.38. The number of carbonyl (C=O) groups excluding carboxylic acids is 2. The number of urea groups is 1. The molecule has 8 heteroatoms. The standard InChI is InChI=1S/C20H22ClN3O4/c1-28-16-8-2-13(3-9-16)17-12-24(10-11-25)19(26)18(17)23-20(27)22-15-6-4-14(21)5-7-15/h2-9,17-18,25H,10-12H2,1H3,(H2,22,23,27)/t17?,18-/m0/s1. The Morgan fingerprint density at radius 1 is 1.21 bits per heavy atom. The summed E-state index contributed by atoms with van der Waals surface area (Å²) in [6.45, 7) is 0.505. The van der Waals surface area contributed by atoms with Gasteiger partial charge in [0.25, 0.3) is 0 Å². The smallest absolute Gasteiger partial charge is 0.319 e. The number of β-amino-alcohol motifs (C(OH)–C–C–N with tert-alkyl or cyclic N) is 1. The highest BCUT2D eigenvalue weighted by atomic mass is 35.5. The second kappa shape index (κ2) is 8.95. The molecule has 1 heterocycles. The van der Waals surface area contributed by atoms with Gasteiger partial charge in [0, 0.05) is 29.7 Å². The van der Waals surface area contributed by atoms with E-state index >= 15 is 0 Å². The van der Waals surface area contributed by atoms with Gasteiger partial charge < -0.3 is 25.4 Å². The molecule has 148 valence electrons. The molecule has 0 spiro atoms. The third-order valence-electron chi connectivity index (χ3n) is 4.70. The summed E-state index contributed by atoms with van der Waals surface area (Å²) in [5.41, 5.74) is 1.48. The molecule has 1 fully saturated rings. The molecule has 1 aliphatic heterocycles. The van der Waals surface area contributed by atoms with Crippen molar-refractivity contribution in [3.8, 4) is 5.75 Å². The van der Waals surface area contributed by atoms with Gasteiger partial charge in [0.05, 0.1) is 13.7 Å². The van der Waals surface area contributed by atoms with E-state index < -0.39 is 12.1 Å². The van der Waals surface area contributed by atoms with Crippen molar-refractivity contribution < 1.29 is 19.4 Å². The number of hydrogen-bond donors (Lipinski definition) is 3.